The molecule has 0 unspecified atom stereocenters. The Labute approximate surface area is 142 Å². The summed E-state index contributed by atoms with van der Waals surface area (Å²) >= 11 is 0. The van der Waals surface area contributed by atoms with E-state index in [0.717, 1.165) is 25.7 Å². The van der Waals surface area contributed by atoms with Crippen LogP contribution in [0.5, 0.6) is 0 Å². The van der Waals surface area contributed by atoms with Gasteiger partial charge in [-0.1, -0.05) is 43.0 Å². The lowest BCUT2D eigenvalue weighted by molar-refractivity contribution is 0.394. The molecule has 1 fully saturated rings. The molecule has 0 aliphatic heterocycles. The maximum atomic E-state index is 12.8. The molecule has 0 bridgehead atoms. The van der Waals surface area contributed by atoms with E-state index in [9.17, 15) is 8.42 Å². The highest BCUT2D eigenvalue weighted by atomic mass is 32.2. The maximum absolute atomic E-state index is 12.8. The SMILES string of the molecule is Cc1nc(-c2ccc(C)c(S(=O)(=O)NC3CCCCCC3)c2)no1. The van der Waals surface area contributed by atoms with Gasteiger partial charge in [0, 0.05) is 18.5 Å². The molecular weight excluding hydrogens is 326 g/mol. The van der Waals surface area contributed by atoms with Gasteiger partial charge in [0.25, 0.3) is 0 Å². The smallest absolute Gasteiger partial charge is 0.241 e. The molecule has 1 aromatic carbocycles. The first kappa shape index (κ1) is 17.1. The van der Waals surface area contributed by atoms with Crippen molar-refractivity contribution in [2.75, 3.05) is 0 Å². The van der Waals surface area contributed by atoms with Crippen LogP contribution in [0.2, 0.25) is 0 Å². The second kappa shape index (κ2) is 7.03. The van der Waals surface area contributed by atoms with Gasteiger partial charge in [0.15, 0.2) is 0 Å². The third-order valence-electron chi connectivity index (χ3n) is 4.44. The van der Waals surface area contributed by atoms with Crippen LogP contribution in [-0.2, 0) is 10.0 Å². The van der Waals surface area contributed by atoms with Crippen LogP contribution < -0.4 is 4.72 Å². The highest BCUT2D eigenvalue weighted by molar-refractivity contribution is 7.89. The minimum Gasteiger partial charge on any atom is -0.339 e. The average molecular weight is 349 g/mol. The van der Waals surface area contributed by atoms with Crippen LogP contribution in [0.4, 0.5) is 0 Å². The van der Waals surface area contributed by atoms with Crippen molar-refractivity contribution in [3.63, 3.8) is 0 Å². The van der Waals surface area contributed by atoms with E-state index in [4.69, 9.17) is 4.52 Å². The third kappa shape index (κ3) is 3.84. The largest absolute Gasteiger partial charge is 0.339 e. The Kier molecular flexibility index (Phi) is 5.01. The quantitative estimate of drug-likeness (QED) is 0.856. The van der Waals surface area contributed by atoms with E-state index in [1.165, 1.54) is 12.8 Å². The monoisotopic (exact) mass is 349 g/mol. The number of aromatic nitrogens is 2. The molecule has 2 aromatic rings. The van der Waals surface area contributed by atoms with Gasteiger partial charge >= 0.3 is 0 Å². The van der Waals surface area contributed by atoms with Gasteiger partial charge in [-0.25, -0.2) is 13.1 Å². The number of hydrogen-bond acceptors (Lipinski definition) is 5. The highest BCUT2D eigenvalue weighted by Crippen LogP contribution is 2.25. The molecule has 1 aliphatic rings. The van der Waals surface area contributed by atoms with E-state index in [0.29, 0.717) is 22.8 Å². The van der Waals surface area contributed by atoms with E-state index in [1.54, 1.807) is 26.0 Å². The van der Waals surface area contributed by atoms with Crippen LogP contribution in [0.25, 0.3) is 11.4 Å². The molecule has 1 N–H and O–H groups in total. The summed E-state index contributed by atoms with van der Waals surface area (Å²) in [6.45, 7) is 3.50. The lowest BCUT2D eigenvalue weighted by Gasteiger charge is -2.17. The van der Waals surface area contributed by atoms with Crippen molar-refractivity contribution in [1.29, 1.82) is 0 Å². The van der Waals surface area contributed by atoms with Gasteiger partial charge in [0.2, 0.25) is 21.7 Å². The molecule has 1 aromatic heterocycles. The fraction of sp³-hybridized carbons (Fsp3) is 0.529. The summed E-state index contributed by atoms with van der Waals surface area (Å²) in [5.74, 6) is 0.852. The molecule has 0 spiro atoms. The Morgan fingerprint density at radius 3 is 2.46 bits per heavy atom. The van der Waals surface area contributed by atoms with Crippen LogP contribution >= 0.6 is 0 Å². The molecule has 0 radical (unpaired) electrons. The zero-order chi connectivity index (χ0) is 17.2. The molecule has 1 saturated carbocycles. The number of rotatable bonds is 4. The van der Waals surface area contributed by atoms with E-state index in [1.807, 2.05) is 6.07 Å². The van der Waals surface area contributed by atoms with Crippen molar-refractivity contribution >= 4 is 10.0 Å². The molecule has 24 heavy (non-hydrogen) atoms. The molecule has 0 atom stereocenters. The number of aryl methyl sites for hydroxylation is 2. The van der Waals surface area contributed by atoms with E-state index < -0.39 is 10.0 Å². The highest BCUT2D eigenvalue weighted by Gasteiger charge is 2.23. The third-order valence-corrected chi connectivity index (χ3v) is 6.10. The summed E-state index contributed by atoms with van der Waals surface area (Å²) in [5, 5.41) is 3.87. The minimum absolute atomic E-state index is 0.0213. The van der Waals surface area contributed by atoms with E-state index >= 15 is 0 Å². The summed E-state index contributed by atoms with van der Waals surface area (Å²) in [7, 11) is -3.57. The van der Waals surface area contributed by atoms with Gasteiger partial charge in [-0.15, -0.1) is 0 Å². The molecular formula is C17H23N3O3S. The summed E-state index contributed by atoms with van der Waals surface area (Å²) in [5.41, 5.74) is 1.35. The number of hydrogen-bond donors (Lipinski definition) is 1. The van der Waals surface area contributed by atoms with Crippen molar-refractivity contribution in [2.24, 2.45) is 0 Å². The molecule has 1 aliphatic carbocycles. The van der Waals surface area contributed by atoms with Gasteiger partial charge in [-0.05, 0) is 31.4 Å². The summed E-state index contributed by atoms with van der Waals surface area (Å²) in [4.78, 5) is 4.45. The Bertz CT molecular complexity index is 806. The van der Waals surface area contributed by atoms with Gasteiger partial charge in [-0.3, -0.25) is 0 Å². The van der Waals surface area contributed by atoms with Gasteiger partial charge in [-0.2, -0.15) is 4.98 Å². The number of nitrogens with zero attached hydrogens (tertiary/aromatic N) is 2. The average Bonchev–Trinajstić information content (AvgIpc) is 2.81. The first-order chi connectivity index (χ1) is 11.5. The predicted octanol–water partition coefficient (Wildman–Crippen LogP) is 3.35. The first-order valence-corrected chi connectivity index (χ1v) is 9.88. The zero-order valence-electron chi connectivity index (χ0n) is 14.1. The molecule has 3 rings (SSSR count). The van der Waals surface area contributed by atoms with Gasteiger partial charge in [0.05, 0.1) is 4.90 Å². The van der Waals surface area contributed by atoms with E-state index in [-0.39, 0.29) is 10.9 Å². The molecule has 7 heteroatoms. The summed E-state index contributed by atoms with van der Waals surface area (Å²) in [6, 6.07) is 5.24. The molecule has 1 heterocycles. The topological polar surface area (TPSA) is 85.1 Å². The zero-order valence-corrected chi connectivity index (χ0v) is 14.9. The second-order valence-electron chi connectivity index (χ2n) is 6.43. The minimum atomic E-state index is -3.57. The fourth-order valence-electron chi connectivity index (χ4n) is 3.13. The number of sulfonamides is 1. The Morgan fingerprint density at radius 2 is 1.83 bits per heavy atom. The summed E-state index contributed by atoms with van der Waals surface area (Å²) < 4.78 is 33.6. The van der Waals surface area contributed by atoms with Crippen LogP contribution in [-0.4, -0.2) is 24.6 Å². The van der Waals surface area contributed by atoms with Crippen LogP contribution in [0, 0.1) is 13.8 Å². The molecule has 6 nitrogen and oxygen atoms in total. The van der Waals surface area contributed by atoms with Crippen LogP contribution in [0.15, 0.2) is 27.6 Å². The maximum Gasteiger partial charge on any atom is 0.241 e. The molecule has 130 valence electrons. The first-order valence-electron chi connectivity index (χ1n) is 8.39. The van der Waals surface area contributed by atoms with Crippen molar-refractivity contribution < 1.29 is 12.9 Å². The lowest BCUT2D eigenvalue weighted by atomic mass is 10.1. The Morgan fingerprint density at radius 1 is 1.12 bits per heavy atom. The number of benzene rings is 1. The van der Waals surface area contributed by atoms with Gasteiger partial charge < -0.3 is 4.52 Å². The molecule has 0 amide bonds. The predicted molar refractivity (Wildman–Crippen MR) is 91.0 cm³/mol. The molecule has 0 saturated heterocycles. The Balaban J connectivity index is 1.89. The van der Waals surface area contributed by atoms with E-state index in [2.05, 4.69) is 14.9 Å². The lowest BCUT2D eigenvalue weighted by Crippen LogP contribution is -2.34. The Hall–Kier alpha value is -1.73. The van der Waals surface area contributed by atoms with Crippen molar-refractivity contribution in [1.82, 2.24) is 14.9 Å². The van der Waals surface area contributed by atoms with Crippen molar-refractivity contribution in [3.8, 4) is 11.4 Å². The van der Waals surface area contributed by atoms with Crippen LogP contribution in [0.3, 0.4) is 0 Å². The van der Waals surface area contributed by atoms with Crippen molar-refractivity contribution in [2.45, 2.75) is 63.3 Å². The standard InChI is InChI=1S/C17H23N3O3S/c1-12-9-10-14(17-18-13(2)23-19-17)11-16(12)24(21,22)20-15-7-5-3-4-6-8-15/h9-11,15,20H,3-8H2,1-2H3. The fourth-order valence-corrected chi connectivity index (χ4v) is 4.70. The second-order valence-corrected chi connectivity index (χ2v) is 8.11. The number of nitrogens with one attached hydrogen (secondary N) is 1. The van der Waals surface area contributed by atoms with Gasteiger partial charge in [0.1, 0.15) is 0 Å². The normalized spacial score (nSPS) is 16.9. The van der Waals surface area contributed by atoms with Crippen molar-refractivity contribution in [3.05, 3.63) is 29.7 Å². The van der Waals surface area contributed by atoms with Crippen LogP contribution in [0.1, 0.15) is 50.0 Å². The summed E-state index contributed by atoms with van der Waals surface area (Å²) in [6.07, 6.45) is 6.33.